The van der Waals surface area contributed by atoms with E-state index in [1.165, 1.54) is 6.20 Å². The number of nitrogen functional groups attached to an aromatic ring is 1. The van der Waals surface area contributed by atoms with Gasteiger partial charge in [0.1, 0.15) is 0 Å². The standard InChI is InChI=1S/C11H9N3O2.C7H7N3/c1-7-9(11(15)16)6-13-10(14-7)8-3-2-4-12-5-8;8-10-5-3-6-7(10)2-1-4-9-6/h2-6H,1H3,(H,15,16);1-5H,8H2. The summed E-state index contributed by atoms with van der Waals surface area (Å²) in [6.45, 7) is 1.64. The van der Waals surface area contributed by atoms with E-state index in [2.05, 4.69) is 19.9 Å². The number of nitrogens with zero attached hydrogens (tertiary/aromatic N) is 5. The Morgan fingerprint density at radius 3 is 2.58 bits per heavy atom. The first-order valence-corrected chi connectivity index (χ1v) is 7.71. The molecule has 3 N–H and O–H groups in total. The van der Waals surface area contributed by atoms with Gasteiger partial charge in [-0.2, -0.15) is 0 Å². The number of aryl methyl sites for hydroxylation is 1. The summed E-state index contributed by atoms with van der Waals surface area (Å²) in [6.07, 6.45) is 8.14. The van der Waals surface area contributed by atoms with Crippen LogP contribution in [0.2, 0.25) is 0 Å². The third-order valence-corrected chi connectivity index (χ3v) is 3.62. The first-order valence-electron chi connectivity index (χ1n) is 7.71. The molecule has 0 fully saturated rings. The molecule has 0 aliphatic rings. The summed E-state index contributed by atoms with van der Waals surface area (Å²) in [5, 5.41) is 8.83. The van der Waals surface area contributed by atoms with E-state index in [0.29, 0.717) is 11.5 Å². The highest BCUT2D eigenvalue weighted by molar-refractivity contribution is 5.88. The van der Waals surface area contributed by atoms with Gasteiger partial charge in [-0.1, -0.05) is 0 Å². The molecule has 0 atom stereocenters. The molecule has 130 valence electrons. The van der Waals surface area contributed by atoms with Gasteiger partial charge in [0, 0.05) is 36.5 Å². The van der Waals surface area contributed by atoms with Gasteiger partial charge in [0.05, 0.1) is 22.3 Å². The normalized spacial score (nSPS) is 10.2. The van der Waals surface area contributed by atoms with E-state index in [4.69, 9.17) is 10.9 Å². The summed E-state index contributed by atoms with van der Waals surface area (Å²) in [7, 11) is 0. The highest BCUT2D eigenvalue weighted by atomic mass is 16.4. The van der Waals surface area contributed by atoms with Crippen LogP contribution in [0, 0.1) is 6.92 Å². The fourth-order valence-corrected chi connectivity index (χ4v) is 2.30. The Morgan fingerprint density at radius 1 is 1.12 bits per heavy atom. The molecule has 0 aliphatic carbocycles. The van der Waals surface area contributed by atoms with E-state index < -0.39 is 5.97 Å². The van der Waals surface area contributed by atoms with Crippen molar-refractivity contribution in [3.8, 4) is 11.4 Å². The fraction of sp³-hybridized carbons (Fsp3) is 0.0556. The second kappa shape index (κ2) is 7.39. The summed E-state index contributed by atoms with van der Waals surface area (Å²) in [5.74, 6) is 5.02. The Bertz CT molecular complexity index is 1050. The van der Waals surface area contributed by atoms with Gasteiger partial charge in [-0.25, -0.2) is 14.8 Å². The van der Waals surface area contributed by atoms with Crippen molar-refractivity contribution in [2.75, 3.05) is 5.84 Å². The van der Waals surface area contributed by atoms with Crippen LogP contribution >= 0.6 is 0 Å². The second-order valence-corrected chi connectivity index (χ2v) is 5.37. The molecule has 26 heavy (non-hydrogen) atoms. The van der Waals surface area contributed by atoms with Crippen LogP contribution in [0.15, 0.2) is 61.3 Å². The van der Waals surface area contributed by atoms with Gasteiger partial charge >= 0.3 is 5.97 Å². The molecule has 4 heterocycles. The van der Waals surface area contributed by atoms with E-state index >= 15 is 0 Å². The van der Waals surface area contributed by atoms with Crippen LogP contribution in [0.3, 0.4) is 0 Å². The number of nitrogens with two attached hydrogens (primary N) is 1. The summed E-state index contributed by atoms with van der Waals surface area (Å²) >= 11 is 0. The van der Waals surface area contributed by atoms with Crippen molar-refractivity contribution in [2.24, 2.45) is 0 Å². The maximum atomic E-state index is 10.8. The molecule has 0 aliphatic heterocycles. The minimum atomic E-state index is -1.02. The molecular weight excluding hydrogens is 332 g/mol. The average molecular weight is 348 g/mol. The minimum absolute atomic E-state index is 0.118. The first kappa shape index (κ1) is 17.0. The Hall–Kier alpha value is -3.81. The number of carboxylic acids is 1. The van der Waals surface area contributed by atoms with Crippen molar-refractivity contribution < 1.29 is 9.90 Å². The van der Waals surface area contributed by atoms with Gasteiger partial charge in [0.15, 0.2) is 5.82 Å². The lowest BCUT2D eigenvalue weighted by atomic mass is 10.2. The van der Waals surface area contributed by atoms with Crippen LogP contribution < -0.4 is 5.84 Å². The van der Waals surface area contributed by atoms with E-state index in [1.54, 1.807) is 42.5 Å². The van der Waals surface area contributed by atoms with Crippen molar-refractivity contribution in [3.05, 3.63) is 72.6 Å². The lowest BCUT2D eigenvalue weighted by Crippen LogP contribution is -2.04. The Labute approximate surface area is 149 Å². The summed E-state index contributed by atoms with van der Waals surface area (Å²) < 4.78 is 1.56. The topological polar surface area (TPSA) is 120 Å². The molecule has 0 saturated carbocycles. The highest BCUT2D eigenvalue weighted by Crippen LogP contribution is 2.14. The molecular formula is C18H16N6O2. The quantitative estimate of drug-likeness (QED) is 0.533. The molecule has 4 rings (SSSR count). The lowest BCUT2D eigenvalue weighted by molar-refractivity contribution is 0.0695. The van der Waals surface area contributed by atoms with Crippen LogP contribution in [0.1, 0.15) is 16.1 Å². The summed E-state index contributed by atoms with van der Waals surface area (Å²) in [4.78, 5) is 27.0. The van der Waals surface area contributed by atoms with Crippen LogP contribution in [0.5, 0.6) is 0 Å². The number of carboxylic acid groups (broad SMARTS) is 1. The van der Waals surface area contributed by atoms with Gasteiger partial charge in [-0.15, -0.1) is 0 Å². The molecule has 0 spiro atoms. The Kier molecular flexibility index (Phi) is 4.84. The smallest absolute Gasteiger partial charge is 0.339 e. The largest absolute Gasteiger partial charge is 0.478 e. The number of aromatic nitrogens is 5. The fourth-order valence-electron chi connectivity index (χ4n) is 2.30. The SMILES string of the molecule is Cc1nc(-c2cccnc2)ncc1C(=O)O.Nn1ccc2ncccc21. The number of rotatable bonds is 2. The van der Waals surface area contributed by atoms with Crippen LogP contribution in [0.25, 0.3) is 22.4 Å². The maximum absolute atomic E-state index is 10.8. The Balaban J connectivity index is 0.000000167. The van der Waals surface area contributed by atoms with Crippen molar-refractivity contribution in [1.82, 2.24) is 24.6 Å². The van der Waals surface area contributed by atoms with E-state index in [9.17, 15) is 4.79 Å². The van der Waals surface area contributed by atoms with Crippen molar-refractivity contribution in [2.45, 2.75) is 6.92 Å². The molecule has 8 heteroatoms. The molecule has 0 unspecified atom stereocenters. The van der Waals surface area contributed by atoms with Gasteiger partial charge in [0.25, 0.3) is 0 Å². The molecule has 8 nitrogen and oxygen atoms in total. The number of hydrogen-bond acceptors (Lipinski definition) is 6. The monoisotopic (exact) mass is 348 g/mol. The predicted octanol–water partition coefficient (Wildman–Crippen LogP) is 2.30. The average Bonchev–Trinajstić information content (AvgIpc) is 3.04. The van der Waals surface area contributed by atoms with Crippen molar-refractivity contribution in [3.63, 3.8) is 0 Å². The van der Waals surface area contributed by atoms with E-state index in [-0.39, 0.29) is 5.56 Å². The van der Waals surface area contributed by atoms with E-state index in [1.807, 2.05) is 24.3 Å². The van der Waals surface area contributed by atoms with Crippen LogP contribution in [0.4, 0.5) is 0 Å². The van der Waals surface area contributed by atoms with Gasteiger partial charge in [-0.05, 0) is 37.3 Å². The summed E-state index contributed by atoms with van der Waals surface area (Å²) in [6, 6.07) is 9.28. The highest BCUT2D eigenvalue weighted by Gasteiger charge is 2.10. The van der Waals surface area contributed by atoms with Crippen LogP contribution in [-0.4, -0.2) is 35.7 Å². The van der Waals surface area contributed by atoms with Crippen molar-refractivity contribution in [1.29, 1.82) is 0 Å². The number of hydrogen-bond donors (Lipinski definition) is 2. The Morgan fingerprint density at radius 2 is 1.92 bits per heavy atom. The van der Waals surface area contributed by atoms with Gasteiger partial charge in [-0.3, -0.25) is 14.6 Å². The molecule has 0 aromatic carbocycles. The third kappa shape index (κ3) is 3.64. The molecule has 4 aromatic rings. The number of carbonyl (C=O) groups is 1. The zero-order valence-corrected chi connectivity index (χ0v) is 13.9. The van der Waals surface area contributed by atoms with Crippen LogP contribution in [-0.2, 0) is 0 Å². The molecule has 0 bridgehead atoms. The molecule has 0 radical (unpaired) electrons. The summed E-state index contributed by atoms with van der Waals surface area (Å²) in [5.41, 5.74) is 3.23. The number of aromatic carboxylic acids is 1. The minimum Gasteiger partial charge on any atom is -0.478 e. The lowest BCUT2D eigenvalue weighted by Gasteiger charge is -2.02. The maximum Gasteiger partial charge on any atom is 0.339 e. The second-order valence-electron chi connectivity index (χ2n) is 5.37. The number of pyridine rings is 2. The molecule has 4 aromatic heterocycles. The van der Waals surface area contributed by atoms with Gasteiger partial charge in [0.2, 0.25) is 0 Å². The zero-order chi connectivity index (χ0) is 18.5. The van der Waals surface area contributed by atoms with E-state index in [0.717, 1.165) is 16.6 Å². The first-order chi connectivity index (χ1) is 12.6. The zero-order valence-electron chi connectivity index (χ0n) is 13.9. The predicted molar refractivity (Wildman–Crippen MR) is 96.8 cm³/mol. The van der Waals surface area contributed by atoms with Gasteiger partial charge < -0.3 is 10.9 Å². The molecule has 0 amide bonds. The molecule has 0 saturated heterocycles. The third-order valence-electron chi connectivity index (χ3n) is 3.62. The number of fused-ring (bicyclic) bond motifs is 1. The van der Waals surface area contributed by atoms with Crippen molar-refractivity contribution >= 4 is 17.0 Å².